The van der Waals surface area contributed by atoms with Crippen molar-refractivity contribution in [2.45, 2.75) is 38.8 Å². The molecule has 2 N–H and O–H groups in total. The molecule has 0 aromatic heterocycles. The minimum atomic E-state index is 0.0337. The number of nitrogens with zero attached hydrogens (tertiary/aromatic N) is 1. The molecule has 2 bridgehead atoms. The Balaban J connectivity index is 1.61. The number of amides is 1. The highest BCUT2D eigenvalue weighted by atomic mass is 16.5. The zero-order valence-corrected chi connectivity index (χ0v) is 13.5. The average molecular weight is 302 g/mol. The Bertz CT molecular complexity index is 526. The van der Waals surface area contributed by atoms with Crippen LogP contribution in [-0.4, -0.2) is 30.5 Å². The number of nitrogens with two attached hydrogens (primary N) is 1. The van der Waals surface area contributed by atoms with Gasteiger partial charge < -0.3 is 15.4 Å². The highest BCUT2D eigenvalue weighted by molar-refractivity contribution is 5.80. The Hall–Kier alpha value is -1.55. The van der Waals surface area contributed by atoms with E-state index in [0.29, 0.717) is 25.0 Å². The van der Waals surface area contributed by atoms with E-state index in [1.54, 1.807) is 0 Å². The van der Waals surface area contributed by atoms with Crippen LogP contribution in [0.1, 0.15) is 31.7 Å². The van der Waals surface area contributed by atoms with Crippen LogP contribution in [0, 0.1) is 17.8 Å². The number of fused-ring (bicyclic) bond motifs is 2. The van der Waals surface area contributed by atoms with Gasteiger partial charge in [0.2, 0.25) is 5.91 Å². The lowest BCUT2D eigenvalue weighted by Gasteiger charge is -2.30. The lowest BCUT2D eigenvalue weighted by Crippen LogP contribution is -2.45. The van der Waals surface area contributed by atoms with Gasteiger partial charge >= 0.3 is 0 Å². The summed E-state index contributed by atoms with van der Waals surface area (Å²) in [7, 11) is 1.89. The molecule has 2 aliphatic rings. The molecule has 1 amide bonds. The molecule has 4 unspecified atom stereocenters. The van der Waals surface area contributed by atoms with Gasteiger partial charge in [-0.1, -0.05) is 12.1 Å². The lowest BCUT2D eigenvalue weighted by molar-refractivity contribution is -0.137. The molecule has 0 heterocycles. The molecule has 2 aliphatic carbocycles. The maximum atomic E-state index is 12.7. The van der Waals surface area contributed by atoms with Gasteiger partial charge in [0, 0.05) is 19.6 Å². The Morgan fingerprint density at radius 1 is 1.27 bits per heavy atom. The second-order valence-electron chi connectivity index (χ2n) is 6.71. The molecule has 22 heavy (non-hydrogen) atoms. The first kappa shape index (κ1) is 15.3. The Morgan fingerprint density at radius 3 is 2.55 bits per heavy atom. The van der Waals surface area contributed by atoms with E-state index in [4.69, 9.17) is 10.5 Å². The van der Waals surface area contributed by atoms with Crippen LogP contribution in [0.4, 0.5) is 0 Å². The molecule has 0 aliphatic heterocycles. The van der Waals surface area contributed by atoms with Crippen molar-refractivity contribution in [2.75, 3.05) is 13.7 Å². The summed E-state index contributed by atoms with van der Waals surface area (Å²) in [5, 5.41) is 0. The fraction of sp³-hybridized carbons (Fsp3) is 0.611. The van der Waals surface area contributed by atoms with Crippen LogP contribution in [0.15, 0.2) is 24.3 Å². The fourth-order valence-electron chi connectivity index (χ4n) is 4.17. The average Bonchev–Trinajstić information content (AvgIpc) is 3.10. The summed E-state index contributed by atoms with van der Waals surface area (Å²) in [5.41, 5.74) is 7.41. The standard InChI is InChI=1S/C18H26N2O2/c1-3-22-15-8-4-12(5-9-15)11-20(2)18(21)16-13-6-7-14(10-13)17(16)19/h4-5,8-9,13-14,16-17H,3,6-7,10-11,19H2,1-2H3. The Kier molecular flexibility index (Phi) is 4.39. The third kappa shape index (κ3) is 2.84. The quantitative estimate of drug-likeness (QED) is 0.909. The van der Waals surface area contributed by atoms with E-state index in [9.17, 15) is 4.79 Å². The van der Waals surface area contributed by atoms with Crippen molar-refractivity contribution in [1.29, 1.82) is 0 Å². The molecule has 4 heteroatoms. The third-order valence-corrected chi connectivity index (χ3v) is 5.30. The summed E-state index contributed by atoms with van der Waals surface area (Å²) in [6.45, 7) is 3.27. The Labute approximate surface area is 132 Å². The number of benzene rings is 1. The Morgan fingerprint density at radius 2 is 1.95 bits per heavy atom. The van der Waals surface area contributed by atoms with E-state index in [1.807, 2.05) is 43.1 Å². The molecule has 2 saturated carbocycles. The largest absolute Gasteiger partial charge is 0.494 e. The highest BCUT2D eigenvalue weighted by Crippen LogP contribution is 2.48. The molecule has 3 rings (SSSR count). The number of carbonyl (C=O) groups is 1. The van der Waals surface area contributed by atoms with E-state index in [-0.39, 0.29) is 17.9 Å². The predicted molar refractivity (Wildman–Crippen MR) is 86.4 cm³/mol. The molecule has 1 aromatic carbocycles. The molecule has 2 fully saturated rings. The van der Waals surface area contributed by atoms with E-state index in [0.717, 1.165) is 17.7 Å². The van der Waals surface area contributed by atoms with Gasteiger partial charge in [-0.2, -0.15) is 0 Å². The summed E-state index contributed by atoms with van der Waals surface area (Å²) in [6.07, 6.45) is 3.53. The van der Waals surface area contributed by atoms with Crippen LogP contribution in [-0.2, 0) is 11.3 Å². The molecular formula is C18H26N2O2. The molecule has 1 aromatic rings. The minimum absolute atomic E-state index is 0.0337. The second-order valence-corrected chi connectivity index (χ2v) is 6.71. The number of ether oxygens (including phenoxy) is 1. The summed E-state index contributed by atoms with van der Waals surface area (Å²) < 4.78 is 5.45. The second kappa shape index (κ2) is 6.29. The SMILES string of the molecule is CCOc1ccc(CN(C)C(=O)C2C3CCC(C3)C2N)cc1. The van der Waals surface area contributed by atoms with Gasteiger partial charge in [-0.05, 0) is 55.7 Å². The van der Waals surface area contributed by atoms with Crippen molar-refractivity contribution in [1.82, 2.24) is 4.90 Å². The van der Waals surface area contributed by atoms with Crippen LogP contribution in [0.2, 0.25) is 0 Å². The van der Waals surface area contributed by atoms with Gasteiger partial charge in [0.25, 0.3) is 0 Å². The summed E-state index contributed by atoms with van der Waals surface area (Å²) >= 11 is 0. The third-order valence-electron chi connectivity index (χ3n) is 5.30. The maximum absolute atomic E-state index is 12.7. The smallest absolute Gasteiger partial charge is 0.227 e. The molecule has 0 radical (unpaired) electrons. The van der Waals surface area contributed by atoms with E-state index < -0.39 is 0 Å². The number of hydrogen-bond donors (Lipinski definition) is 1. The topological polar surface area (TPSA) is 55.6 Å². The predicted octanol–water partition coefficient (Wildman–Crippen LogP) is 2.42. The fourth-order valence-corrected chi connectivity index (χ4v) is 4.17. The van der Waals surface area contributed by atoms with Gasteiger partial charge in [-0.3, -0.25) is 4.79 Å². The van der Waals surface area contributed by atoms with Gasteiger partial charge in [0.1, 0.15) is 5.75 Å². The van der Waals surface area contributed by atoms with E-state index in [2.05, 4.69) is 0 Å². The van der Waals surface area contributed by atoms with E-state index >= 15 is 0 Å². The normalized spacial score (nSPS) is 29.6. The lowest BCUT2D eigenvalue weighted by atomic mass is 9.84. The van der Waals surface area contributed by atoms with Crippen molar-refractivity contribution >= 4 is 5.91 Å². The first-order valence-electron chi connectivity index (χ1n) is 8.32. The maximum Gasteiger partial charge on any atom is 0.227 e. The molecule has 0 spiro atoms. The summed E-state index contributed by atoms with van der Waals surface area (Å²) in [6, 6.07) is 8.03. The summed E-state index contributed by atoms with van der Waals surface area (Å²) in [5.74, 6) is 2.20. The minimum Gasteiger partial charge on any atom is -0.494 e. The van der Waals surface area contributed by atoms with Crippen LogP contribution in [0.5, 0.6) is 5.75 Å². The first-order valence-corrected chi connectivity index (χ1v) is 8.32. The van der Waals surface area contributed by atoms with Crippen molar-refractivity contribution in [3.63, 3.8) is 0 Å². The molecule has 4 nitrogen and oxygen atoms in total. The van der Waals surface area contributed by atoms with Gasteiger partial charge in [-0.15, -0.1) is 0 Å². The van der Waals surface area contributed by atoms with Gasteiger partial charge in [0.15, 0.2) is 0 Å². The number of carbonyl (C=O) groups excluding carboxylic acids is 1. The first-order chi connectivity index (χ1) is 10.6. The van der Waals surface area contributed by atoms with Crippen molar-refractivity contribution in [2.24, 2.45) is 23.5 Å². The zero-order valence-electron chi connectivity index (χ0n) is 13.5. The molecule has 4 atom stereocenters. The van der Waals surface area contributed by atoms with Crippen LogP contribution < -0.4 is 10.5 Å². The monoisotopic (exact) mass is 302 g/mol. The number of hydrogen-bond acceptors (Lipinski definition) is 3. The highest BCUT2D eigenvalue weighted by Gasteiger charge is 2.49. The van der Waals surface area contributed by atoms with Crippen LogP contribution in [0.25, 0.3) is 0 Å². The van der Waals surface area contributed by atoms with Crippen LogP contribution in [0.3, 0.4) is 0 Å². The van der Waals surface area contributed by atoms with Gasteiger partial charge in [0.05, 0.1) is 12.5 Å². The zero-order chi connectivity index (χ0) is 15.7. The van der Waals surface area contributed by atoms with Crippen molar-refractivity contribution in [3.8, 4) is 5.75 Å². The molecule has 120 valence electrons. The van der Waals surface area contributed by atoms with Gasteiger partial charge in [-0.25, -0.2) is 0 Å². The van der Waals surface area contributed by atoms with Crippen LogP contribution >= 0.6 is 0 Å². The van der Waals surface area contributed by atoms with Crippen molar-refractivity contribution in [3.05, 3.63) is 29.8 Å². The molecular weight excluding hydrogens is 276 g/mol. The summed E-state index contributed by atoms with van der Waals surface area (Å²) in [4.78, 5) is 14.6. The van der Waals surface area contributed by atoms with Crippen molar-refractivity contribution < 1.29 is 9.53 Å². The van der Waals surface area contributed by atoms with E-state index in [1.165, 1.54) is 12.8 Å². The number of rotatable bonds is 5. The molecule has 0 saturated heterocycles.